The summed E-state index contributed by atoms with van der Waals surface area (Å²) in [6, 6.07) is 6.36. The van der Waals surface area contributed by atoms with E-state index in [1.165, 1.54) is 12.0 Å². The van der Waals surface area contributed by atoms with Crippen LogP contribution in [0.5, 0.6) is 5.75 Å². The average Bonchev–Trinajstić information content (AvgIpc) is 2.98. The lowest BCUT2D eigenvalue weighted by molar-refractivity contribution is 0.338. The Morgan fingerprint density at radius 1 is 1.50 bits per heavy atom. The summed E-state index contributed by atoms with van der Waals surface area (Å²) in [5.41, 5.74) is 1.34. The highest BCUT2D eigenvalue weighted by Gasteiger charge is 2.38. The van der Waals surface area contributed by atoms with Crippen LogP contribution in [0.3, 0.4) is 0 Å². The number of hydrogen-bond donors (Lipinski definition) is 0. The maximum absolute atomic E-state index is 5.51. The normalized spacial score (nSPS) is 25.2. The first kappa shape index (κ1) is 12.4. The summed E-state index contributed by atoms with van der Waals surface area (Å²) >= 11 is 7.34. The second kappa shape index (κ2) is 5.09. The first-order valence-electron chi connectivity index (χ1n) is 5.69. The fourth-order valence-corrected chi connectivity index (χ4v) is 3.50. The molecule has 1 fully saturated rings. The van der Waals surface area contributed by atoms with Crippen LogP contribution in [0, 0.1) is 11.8 Å². The number of rotatable bonds is 4. The molecule has 0 aromatic heterocycles. The molecule has 0 saturated heterocycles. The van der Waals surface area contributed by atoms with Gasteiger partial charge in [-0.05, 0) is 58.8 Å². The highest BCUT2D eigenvalue weighted by Crippen LogP contribution is 2.51. The van der Waals surface area contributed by atoms with Gasteiger partial charge in [0.25, 0.3) is 0 Å². The molecule has 3 atom stereocenters. The molecule has 0 bridgehead atoms. The molecule has 1 nitrogen and oxygen atoms in total. The van der Waals surface area contributed by atoms with Crippen molar-refractivity contribution in [2.75, 3.05) is 6.61 Å². The first-order chi connectivity index (χ1) is 7.63. The summed E-state index contributed by atoms with van der Waals surface area (Å²) < 4.78 is 6.55. The van der Waals surface area contributed by atoms with Crippen molar-refractivity contribution >= 4 is 31.9 Å². The SMILES string of the molecule is CCOc1ccc(C(Br)C2CC2C)cc1Br. The van der Waals surface area contributed by atoms with Gasteiger partial charge in [-0.3, -0.25) is 0 Å². The van der Waals surface area contributed by atoms with Crippen LogP contribution >= 0.6 is 31.9 Å². The van der Waals surface area contributed by atoms with E-state index in [0.29, 0.717) is 11.4 Å². The minimum atomic E-state index is 0.481. The quantitative estimate of drug-likeness (QED) is 0.701. The van der Waals surface area contributed by atoms with Crippen molar-refractivity contribution in [1.82, 2.24) is 0 Å². The fourth-order valence-electron chi connectivity index (χ4n) is 1.97. The van der Waals surface area contributed by atoms with Crippen LogP contribution in [0.25, 0.3) is 0 Å². The van der Waals surface area contributed by atoms with Gasteiger partial charge in [-0.2, -0.15) is 0 Å². The number of hydrogen-bond acceptors (Lipinski definition) is 1. The molecule has 0 N–H and O–H groups in total. The van der Waals surface area contributed by atoms with E-state index >= 15 is 0 Å². The largest absolute Gasteiger partial charge is 0.493 e. The molecule has 1 aliphatic rings. The molecule has 88 valence electrons. The maximum Gasteiger partial charge on any atom is 0.133 e. The lowest BCUT2D eigenvalue weighted by Gasteiger charge is -2.12. The monoisotopic (exact) mass is 346 g/mol. The predicted octanol–water partition coefficient (Wildman–Crippen LogP) is 4.94. The summed E-state index contributed by atoms with van der Waals surface area (Å²) in [5, 5.41) is 0. The van der Waals surface area contributed by atoms with Gasteiger partial charge in [-0.15, -0.1) is 0 Å². The van der Waals surface area contributed by atoms with Crippen molar-refractivity contribution in [3.05, 3.63) is 28.2 Å². The van der Waals surface area contributed by atoms with Gasteiger partial charge in [-0.25, -0.2) is 0 Å². The van der Waals surface area contributed by atoms with E-state index in [1.54, 1.807) is 0 Å². The Morgan fingerprint density at radius 3 is 2.69 bits per heavy atom. The van der Waals surface area contributed by atoms with Crippen molar-refractivity contribution in [1.29, 1.82) is 0 Å². The van der Waals surface area contributed by atoms with E-state index in [-0.39, 0.29) is 0 Å². The zero-order chi connectivity index (χ0) is 11.7. The van der Waals surface area contributed by atoms with Gasteiger partial charge in [0.1, 0.15) is 5.75 Å². The van der Waals surface area contributed by atoms with Crippen LogP contribution in [0.2, 0.25) is 0 Å². The van der Waals surface area contributed by atoms with E-state index in [2.05, 4.69) is 50.9 Å². The third-order valence-corrected chi connectivity index (χ3v) is 4.95. The standard InChI is InChI=1S/C13H16Br2O/c1-3-16-12-5-4-9(7-11(12)14)13(15)10-6-8(10)2/h4-5,7-8,10,13H,3,6H2,1-2H3. The van der Waals surface area contributed by atoms with E-state index in [1.807, 2.05) is 13.0 Å². The van der Waals surface area contributed by atoms with Gasteiger partial charge in [-0.1, -0.05) is 28.9 Å². The summed E-state index contributed by atoms with van der Waals surface area (Å²) in [6.07, 6.45) is 1.33. The molecule has 0 heterocycles. The molecule has 1 aromatic carbocycles. The number of halogens is 2. The molecule has 2 rings (SSSR count). The molecule has 3 unspecified atom stereocenters. The molecule has 0 spiro atoms. The Balaban J connectivity index is 2.14. The van der Waals surface area contributed by atoms with Crippen molar-refractivity contribution in [3.8, 4) is 5.75 Å². The molecule has 1 aliphatic carbocycles. The van der Waals surface area contributed by atoms with Gasteiger partial charge in [0.2, 0.25) is 0 Å². The molecule has 3 heteroatoms. The van der Waals surface area contributed by atoms with Gasteiger partial charge in [0, 0.05) is 4.83 Å². The summed E-state index contributed by atoms with van der Waals surface area (Å²) in [4.78, 5) is 0.481. The third-order valence-electron chi connectivity index (χ3n) is 3.12. The molecule has 1 saturated carbocycles. The second-order valence-corrected chi connectivity index (χ2v) is 6.24. The maximum atomic E-state index is 5.51. The topological polar surface area (TPSA) is 9.23 Å². The van der Waals surface area contributed by atoms with Crippen LogP contribution in [-0.2, 0) is 0 Å². The average molecular weight is 348 g/mol. The van der Waals surface area contributed by atoms with Crippen molar-refractivity contribution in [2.24, 2.45) is 11.8 Å². The van der Waals surface area contributed by atoms with E-state index in [9.17, 15) is 0 Å². The van der Waals surface area contributed by atoms with E-state index in [0.717, 1.165) is 22.1 Å². The smallest absolute Gasteiger partial charge is 0.133 e. The van der Waals surface area contributed by atoms with Gasteiger partial charge >= 0.3 is 0 Å². The highest BCUT2D eigenvalue weighted by atomic mass is 79.9. The highest BCUT2D eigenvalue weighted by molar-refractivity contribution is 9.10. The third kappa shape index (κ3) is 2.62. The summed E-state index contributed by atoms with van der Waals surface area (Å²) in [6.45, 7) is 5.01. The van der Waals surface area contributed by atoms with Crippen molar-refractivity contribution < 1.29 is 4.74 Å². The van der Waals surface area contributed by atoms with Crippen LogP contribution in [0.4, 0.5) is 0 Å². The molecule has 0 radical (unpaired) electrons. The van der Waals surface area contributed by atoms with Crippen LogP contribution < -0.4 is 4.74 Å². The van der Waals surface area contributed by atoms with E-state index < -0.39 is 0 Å². The Bertz CT molecular complexity index is 378. The van der Waals surface area contributed by atoms with Crippen molar-refractivity contribution in [2.45, 2.75) is 25.1 Å². The Hall–Kier alpha value is -0.0200. The summed E-state index contributed by atoms with van der Waals surface area (Å²) in [7, 11) is 0. The Morgan fingerprint density at radius 2 is 2.19 bits per heavy atom. The molecule has 0 amide bonds. The number of ether oxygens (including phenoxy) is 1. The lowest BCUT2D eigenvalue weighted by atomic mass is 10.1. The molecule has 0 aliphatic heterocycles. The minimum absolute atomic E-state index is 0.481. The Kier molecular flexibility index (Phi) is 3.96. The molecular weight excluding hydrogens is 332 g/mol. The second-order valence-electron chi connectivity index (χ2n) is 4.40. The van der Waals surface area contributed by atoms with Crippen LogP contribution in [-0.4, -0.2) is 6.61 Å². The predicted molar refractivity (Wildman–Crippen MR) is 74.3 cm³/mol. The number of benzene rings is 1. The molecule has 16 heavy (non-hydrogen) atoms. The van der Waals surface area contributed by atoms with Crippen molar-refractivity contribution in [3.63, 3.8) is 0 Å². The lowest BCUT2D eigenvalue weighted by Crippen LogP contribution is -1.96. The summed E-state index contributed by atoms with van der Waals surface area (Å²) in [5.74, 6) is 2.58. The molecule has 1 aromatic rings. The minimum Gasteiger partial charge on any atom is -0.493 e. The van der Waals surface area contributed by atoms with Crippen LogP contribution in [0.15, 0.2) is 22.7 Å². The number of alkyl halides is 1. The van der Waals surface area contributed by atoms with Gasteiger partial charge < -0.3 is 4.74 Å². The van der Waals surface area contributed by atoms with Gasteiger partial charge in [0.15, 0.2) is 0 Å². The zero-order valence-corrected chi connectivity index (χ0v) is 12.7. The first-order valence-corrected chi connectivity index (χ1v) is 7.40. The van der Waals surface area contributed by atoms with Gasteiger partial charge in [0.05, 0.1) is 11.1 Å². The molecular formula is C13H16Br2O. The van der Waals surface area contributed by atoms with E-state index in [4.69, 9.17) is 4.74 Å². The Labute approximate surface area is 114 Å². The van der Waals surface area contributed by atoms with Crippen LogP contribution in [0.1, 0.15) is 30.7 Å². The zero-order valence-electron chi connectivity index (χ0n) is 9.54. The fraction of sp³-hybridized carbons (Fsp3) is 0.538.